The van der Waals surface area contributed by atoms with Crippen LogP contribution in [0.25, 0.3) is 0 Å². The smallest absolute Gasteiger partial charge is 0.320 e. The first kappa shape index (κ1) is 8.26. The van der Waals surface area contributed by atoms with Crippen molar-refractivity contribution in [1.82, 2.24) is 0 Å². The lowest BCUT2D eigenvalue weighted by Gasteiger charge is -2.31. The van der Waals surface area contributed by atoms with Gasteiger partial charge in [-0.15, -0.1) is 0 Å². The van der Waals surface area contributed by atoms with Gasteiger partial charge in [0.15, 0.2) is 5.92 Å². The third kappa shape index (κ3) is 1.13. The number of hydrogen-bond donors (Lipinski definition) is 0. The summed E-state index contributed by atoms with van der Waals surface area (Å²) in [6.07, 6.45) is 3.13. The molecule has 14 heavy (non-hydrogen) atoms. The minimum absolute atomic E-state index is 0.00986. The van der Waals surface area contributed by atoms with Gasteiger partial charge in [0.1, 0.15) is 12.2 Å². The van der Waals surface area contributed by atoms with Crippen LogP contribution in [0.1, 0.15) is 25.7 Å². The highest BCUT2D eigenvalue weighted by atomic mass is 16.6. The van der Waals surface area contributed by atoms with Gasteiger partial charge in [-0.3, -0.25) is 9.59 Å². The molecule has 2 aliphatic heterocycles. The zero-order valence-corrected chi connectivity index (χ0v) is 7.77. The molecule has 3 rings (SSSR count). The van der Waals surface area contributed by atoms with Crippen molar-refractivity contribution >= 4 is 11.9 Å². The van der Waals surface area contributed by atoms with E-state index in [0.717, 1.165) is 12.8 Å². The first-order valence-corrected chi connectivity index (χ1v) is 5.13. The van der Waals surface area contributed by atoms with Crippen molar-refractivity contribution in [2.75, 3.05) is 0 Å². The summed E-state index contributed by atoms with van der Waals surface area (Å²) in [4.78, 5) is 23.0. The lowest BCUT2D eigenvalue weighted by Crippen LogP contribution is -2.37. The van der Waals surface area contributed by atoms with Crippen LogP contribution in [0.5, 0.6) is 0 Å². The van der Waals surface area contributed by atoms with Crippen molar-refractivity contribution in [3.05, 3.63) is 0 Å². The van der Waals surface area contributed by atoms with Gasteiger partial charge < -0.3 is 9.47 Å². The van der Waals surface area contributed by atoms with Crippen LogP contribution in [0, 0.1) is 11.8 Å². The summed E-state index contributed by atoms with van der Waals surface area (Å²) in [5.41, 5.74) is 0. The molecular weight excluding hydrogens is 184 g/mol. The molecule has 76 valence electrons. The number of carbonyl (C=O) groups is 2. The number of carbonyl (C=O) groups excluding carboxylic acids is 2. The molecule has 1 saturated carbocycles. The van der Waals surface area contributed by atoms with Gasteiger partial charge in [0, 0.05) is 6.42 Å². The van der Waals surface area contributed by atoms with Crippen LogP contribution in [-0.4, -0.2) is 24.1 Å². The maximum atomic E-state index is 11.5. The molecule has 0 radical (unpaired) electrons. The lowest BCUT2D eigenvalue weighted by molar-refractivity contribution is -0.175. The summed E-state index contributed by atoms with van der Waals surface area (Å²) in [5.74, 6) is -0.956. The summed E-state index contributed by atoms with van der Waals surface area (Å²) in [6.45, 7) is 0. The average Bonchev–Trinajstić information content (AvgIpc) is 2.29. The second kappa shape index (κ2) is 2.72. The van der Waals surface area contributed by atoms with E-state index in [1.165, 1.54) is 0 Å². The largest absolute Gasteiger partial charge is 0.462 e. The second-order valence-corrected chi connectivity index (χ2v) is 4.48. The topological polar surface area (TPSA) is 52.6 Å². The van der Waals surface area contributed by atoms with Gasteiger partial charge in [0.2, 0.25) is 0 Å². The molecule has 4 bridgehead atoms. The Morgan fingerprint density at radius 2 is 1.43 bits per heavy atom. The molecule has 2 heterocycles. The Morgan fingerprint density at radius 3 is 2.00 bits per heavy atom. The molecule has 2 atom stereocenters. The molecular formula is C10H12O4. The Bertz CT molecular complexity index is 272. The molecule has 0 aromatic heterocycles. The molecule has 4 nitrogen and oxygen atoms in total. The predicted octanol–water partition coefficient (Wildman–Crippen LogP) is 0.644. The highest BCUT2D eigenvalue weighted by molar-refractivity contribution is 5.95. The van der Waals surface area contributed by atoms with Crippen molar-refractivity contribution in [3.8, 4) is 0 Å². The van der Waals surface area contributed by atoms with Crippen LogP contribution in [0.3, 0.4) is 0 Å². The Labute approximate surface area is 81.6 Å². The van der Waals surface area contributed by atoms with E-state index in [1.54, 1.807) is 0 Å². The molecule has 1 aliphatic carbocycles. The highest BCUT2D eigenvalue weighted by Crippen LogP contribution is 2.39. The van der Waals surface area contributed by atoms with Crippen LogP contribution >= 0.6 is 0 Å². The van der Waals surface area contributed by atoms with Gasteiger partial charge >= 0.3 is 11.9 Å². The zero-order valence-electron chi connectivity index (χ0n) is 7.77. The molecule has 4 heteroatoms. The molecule has 0 spiro atoms. The van der Waals surface area contributed by atoms with Gasteiger partial charge in [0.25, 0.3) is 0 Å². The van der Waals surface area contributed by atoms with Crippen molar-refractivity contribution in [2.24, 2.45) is 11.8 Å². The first-order valence-electron chi connectivity index (χ1n) is 5.13. The summed E-state index contributed by atoms with van der Waals surface area (Å²) < 4.78 is 10.5. The van der Waals surface area contributed by atoms with Gasteiger partial charge in [0.05, 0.1) is 0 Å². The molecule has 3 fully saturated rings. The van der Waals surface area contributed by atoms with Crippen LogP contribution in [-0.2, 0) is 19.1 Å². The Morgan fingerprint density at radius 1 is 0.857 bits per heavy atom. The first-order chi connectivity index (χ1) is 6.72. The number of esters is 2. The van der Waals surface area contributed by atoms with E-state index in [2.05, 4.69) is 0 Å². The van der Waals surface area contributed by atoms with E-state index < -0.39 is 5.92 Å². The highest BCUT2D eigenvalue weighted by Gasteiger charge is 2.46. The predicted molar refractivity (Wildman–Crippen MR) is 45.2 cm³/mol. The quantitative estimate of drug-likeness (QED) is 0.421. The maximum absolute atomic E-state index is 11.5. The van der Waals surface area contributed by atoms with E-state index in [4.69, 9.17) is 9.47 Å². The molecule has 2 saturated heterocycles. The fourth-order valence-electron chi connectivity index (χ4n) is 2.83. The molecule has 0 amide bonds. The van der Waals surface area contributed by atoms with E-state index in [0.29, 0.717) is 18.8 Å². The Hall–Kier alpha value is -1.06. The van der Waals surface area contributed by atoms with Crippen molar-refractivity contribution in [1.29, 1.82) is 0 Å². The van der Waals surface area contributed by atoms with Crippen LogP contribution < -0.4 is 0 Å². The van der Waals surface area contributed by atoms with Crippen LogP contribution in [0.2, 0.25) is 0 Å². The van der Waals surface area contributed by atoms with E-state index >= 15 is 0 Å². The molecule has 0 N–H and O–H groups in total. The summed E-state index contributed by atoms with van der Waals surface area (Å²) >= 11 is 0. The third-order valence-corrected chi connectivity index (χ3v) is 3.42. The SMILES string of the molecule is O=C1OC2CC3CC(C2)OC(=O)C1C3. The lowest BCUT2D eigenvalue weighted by atomic mass is 9.82. The summed E-state index contributed by atoms with van der Waals surface area (Å²) in [6, 6.07) is 0. The number of rotatable bonds is 0. The number of fused-ring (bicyclic) bond motifs is 3. The van der Waals surface area contributed by atoms with E-state index in [9.17, 15) is 9.59 Å². The van der Waals surface area contributed by atoms with Crippen molar-refractivity contribution in [2.45, 2.75) is 37.9 Å². The average molecular weight is 196 g/mol. The van der Waals surface area contributed by atoms with Crippen molar-refractivity contribution < 1.29 is 19.1 Å². The molecule has 0 aromatic rings. The van der Waals surface area contributed by atoms with Crippen LogP contribution in [0.4, 0.5) is 0 Å². The summed E-state index contributed by atoms with van der Waals surface area (Å²) in [7, 11) is 0. The van der Waals surface area contributed by atoms with Gasteiger partial charge in [-0.25, -0.2) is 0 Å². The third-order valence-electron chi connectivity index (χ3n) is 3.42. The minimum atomic E-state index is -0.643. The van der Waals surface area contributed by atoms with Gasteiger partial charge in [-0.05, 0) is 25.2 Å². The maximum Gasteiger partial charge on any atom is 0.320 e. The number of ether oxygens (including phenoxy) is 2. The molecule has 3 aliphatic rings. The van der Waals surface area contributed by atoms with Crippen LogP contribution in [0.15, 0.2) is 0 Å². The summed E-state index contributed by atoms with van der Waals surface area (Å²) in [5, 5.41) is 0. The monoisotopic (exact) mass is 196 g/mol. The molecule has 0 aromatic carbocycles. The Balaban J connectivity index is 1.99. The normalized spacial score (nSPS) is 45.4. The van der Waals surface area contributed by atoms with E-state index in [-0.39, 0.29) is 24.1 Å². The fourth-order valence-corrected chi connectivity index (χ4v) is 2.83. The number of hydrogen-bond acceptors (Lipinski definition) is 4. The zero-order chi connectivity index (χ0) is 9.71. The standard InChI is InChI=1S/C10H12O4/c11-9-8-3-5-1-6(13-9)4-7(2-5)14-10(8)12/h5-8H,1-4H2. The van der Waals surface area contributed by atoms with E-state index in [1.807, 2.05) is 0 Å². The molecule has 2 unspecified atom stereocenters. The fraction of sp³-hybridized carbons (Fsp3) is 0.800. The van der Waals surface area contributed by atoms with Gasteiger partial charge in [-0.2, -0.15) is 0 Å². The second-order valence-electron chi connectivity index (χ2n) is 4.48. The minimum Gasteiger partial charge on any atom is -0.462 e. The Kier molecular flexibility index (Phi) is 1.60. The van der Waals surface area contributed by atoms with Crippen molar-refractivity contribution in [3.63, 3.8) is 0 Å². The van der Waals surface area contributed by atoms with Gasteiger partial charge in [-0.1, -0.05) is 0 Å².